The SMILES string of the molecule is Cc1cc(Br)c(CNc2ncnc3c2cnn3C)s1. The van der Waals surface area contributed by atoms with Gasteiger partial charge in [0.05, 0.1) is 18.1 Å². The summed E-state index contributed by atoms with van der Waals surface area (Å²) >= 11 is 5.34. The van der Waals surface area contributed by atoms with E-state index < -0.39 is 0 Å². The molecule has 0 saturated carbocycles. The molecule has 7 heteroatoms. The molecule has 0 amide bonds. The van der Waals surface area contributed by atoms with Gasteiger partial charge in [-0.3, -0.25) is 4.68 Å². The maximum absolute atomic E-state index is 4.29. The Morgan fingerprint density at radius 3 is 3.00 bits per heavy atom. The van der Waals surface area contributed by atoms with Crippen molar-refractivity contribution in [1.29, 1.82) is 0 Å². The molecule has 1 N–H and O–H groups in total. The van der Waals surface area contributed by atoms with Crippen LogP contribution in [0.2, 0.25) is 0 Å². The second-order valence-corrected chi connectivity index (χ2v) is 6.40. The highest BCUT2D eigenvalue weighted by molar-refractivity contribution is 9.10. The van der Waals surface area contributed by atoms with Crippen LogP contribution < -0.4 is 5.32 Å². The maximum atomic E-state index is 4.29. The van der Waals surface area contributed by atoms with E-state index >= 15 is 0 Å². The second kappa shape index (κ2) is 4.90. The quantitative estimate of drug-likeness (QED) is 0.797. The van der Waals surface area contributed by atoms with Crippen LogP contribution in [0.4, 0.5) is 5.82 Å². The zero-order valence-electron chi connectivity index (χ0n) is 10.5. The number of nitrogens with zero attached hydrogens (tertiary/aromatic N) is 4. The summed E-state index contributed by atoms with van der Waals surface area (Å²) in [5, 5.41) is 8.49. The van der Waals surface area contributed by atoms with Crippen molar-refractivity contribution in [3.8, 4) is 0 Å². The normalized spacial score (nSPS) is 11.1. The lowest BCUT2D eigenvalue weighted by Crippen LogP contribution is -2.01. The molecule has 0 spiro atoms. The van der Waals surface area contributed by atoms with Crippen molar-refractivity contribution in [2.45, 2.75) is 13.5 Å². The molecule has 19 heavy (non-hydrogen) atoms. The van der Waals surface area contributed by atoms with Gasteiger partial charge >= 0.3 is 0 Å². The average molecular weight is 338 g/mol. The lowest BCUT2D eigenvalue weighted by atomic mass is 10.3. The van der Waals surface area contributed by atoms with Crippen LogP contribution >= 0.6 is 27.3 Å². The van der Waals surface area contributed by atoms with E-state index in [0.717, 1.165) is 27.9 Å². The summed E-state index contributed by atoms with van der Waals surface area (Å²) in [5.74, 6) is 0.816. The lowest BCUT2D eigenvalue weighted by molar-refractivity contribution is 0.785. The van der Waals surface area contributed by atoms with Crippen LogP contribution in [-0.2, 0) is 13.6 Å². The molecule has 3 aromatic rings. The molecule has 0 aliphatic carbocycles. The van der Waals surface area contributed by atoms with Crippen molar-refractivity contribution in [3.05, 3.63) is 32.8 Å². The number of anilines is 1. The fourth-order valence-electron chi connectivity index (χ4n) is 1.92. The Hall–Kier alpha value is -1.47. The Kier molecular flexibility index (Phi) is 3.24. The summed E-state index contributed by atoms with van der Waals surface area (Å²) in [7, 11) is 1.87. The first kappa shape index (κ1) is 12.6. The number of thiophene rings is 1. The van der Waals surface area contributed by atoms with Gasteiger partial charge in [-0.05, 0) is 28.9 Å². The third kappa shape index (κ3) is 2.35. The molecule has 0 radical (unpaired) electrons. The fraction of sp³-hybridized carbons (Fsp3) is 0.250. The third-order valence-corrected chi connectivity index (χ3v) is 4.85. The van der Waals surface area contributed by atoms with E-state index in [9.17, 15) is 0 Å². The molecule has 0 fully saturated rings. The molecule has 3 heterocycles. The van der Waals surface area contributed by atoms with Crippen molar-refractivity contribution in [2.75, 3.05) is 5.32 Å². The standard InChI is InChI=1S/C12H12BrN5S/c1-7-3-9(13)10(19-7)5-14-11-8-4-17-18(2)12(8)16-6-15-11/h3-4,6H,5H2,1-2H3,(H,14,15,16). The smallest absolute Gasteiger partial charge is 0.163 e. The molecule has 0 aliphatic rings. The Morgan fingerprint density at radius 2 is 2.26 bits per heavy atom. The number of hydrogen-bond acceptors (Lipinski definition) is 5. The molecule has 0 aromatic carbocycles. The third-order valence-electron chi connectivity index (χ3n) is 2.83. The Labute approximate surface area is 122 Å². The Morgan fingerprint density at radius 1 is 1.42 bits per heavy atom. The first-order valence-corrected chi connectivity index (χ1v) is 7.37. The molecule has 0 unspecified atom stereocenters. The van der Waals surface area contributed by atoms with E-state index in [2.05, 4.69) is 49.3 Å². The van der Waals surface area contributed by atoms with Gasteiger partial charge in [0.1, 0.15) is 12.1 Å². The molecule has 98 valence electrons. The number of aryl methyl sites for hydroxylation is 2. The van der Waals surface area contributed by atoms with E-state index in [4.69, 9.17) is 0 Å². The highest BCUT2D eigenvalue weighted by Gasteiger charge is 2.09. The van der Waals surface area contributed by atoms with Crippen molar-refractivity contribution in [1.82, 2.24) is 19.7 Å². The topological polar surface area (TPSA) is 55.6 Å². The van der Waals surface area contributed by atoms with Gasteiger partial charge in [-0.15, -0.1) is 11.3 Å². The van der Waals surface area contributed by atoms with Gasteiger partial charge < -0.3 is 5.32 Å². The molecule has 5 nitrogen and oxygen atoms in total. The molecule has 0 atom stereocenters. The van der Waals surface area contributed by atoms with Gasteiger partial charge in [-0.1, -0.05) is 0 Å². The van der Waals surface area contributed by atoms with Crippen LogP contribution in [0.15, 0.2) is 23.1 Å². The summed E-state index contributed by atoms with van der Waals surface area (Å²) in [6.45, 7) is 2.84. The molecule has 0 saturated heterocycles. The van der Waals surface area contributed by atoms with Crippen LogP contribution in [0.25, 0.3) is 11.0 Å². The van der Waals surface area contributed by atoms with Gasteiger partial charge in [0, 0.05) is 21.3 Å². The number of rotatable bonds is 3. The Bertz CT molecular complexity index is 733. The van der Waals surface area contributed by atoms with Crippen molar-refractivity contribution >= 4 is 44.1 Å². The minimum atomic E-state index is 0.736. The van der Waals surface area contributed by atoms with Crippen molar-refractivity contribution in [2.24, 2.45) is 7.05 Å². The van der Waals surface area contributed by atoms with E-state index in [1.54, 1.807) is 28.5 Å². The highest BCUT2D eigenvalue weighted by Crippen LogP contribution is 2.28. The molecule has 3 aromatic heterocycles. The van der Waals surface area contributed by atoms with Gasteiger partial charge in [0.15, 0.2) is 5.65 Å². The number of fused-ring (bicyclic) bond motifs is 1. The monoisotopic (exact) mass is 337 g/mol. The summed E-state index contributed by atoms with van der Waals surface area (Å²) in [6.07, 6.45) is 3.34. The fourth-order valence-corrected chi connectivity index (χ4v) is 3.66. The van der Waals surface area contributed by atoms with E-state index in [-0.39, 0.29) is 0 Å². The van der Waals surface area contributed by atoms with E-state index in [1.165, 1.54) is 9.75 Å². The predicted octanol–water partition coefficient (Wildman–Crippen LogP) is 3.11. The summed E-state index contributed by atoms with van der Waals surface area (Å²) < 4.78 is 2.88. The van der Waals surface area contributed by atoms with Crippen molar-refractivity contribution in [3.63, 3.8) is 0 Å². The molecule has 0 aliphatic heterocycles. The van der Waals surface area contributed by atoms with Gasteiger partial charge in [-0.25, -0.2) is 9.97 Å². The number of hydrogen-bond donors (Lipinski definition) is 1. The van der Waals surface area contributed by atoms with Crippen LogP contribution in [0.1, 0.15) is 9.75 Å². The van der Waals surface area contributed by atoms with Crippen LogP contribution in [0.3, 0.4) is 0 Å². The van der Waals surface area contributed by atoms with Crippen molar-refractivity contribution < 1.29 is 0 Å². The minimum Gasteiger partial charge on any atom is -0.364 e. The zero-order valence-corrected chi connectivity index (χ0v) is 12.9. The predicted molar refractivity (Wildman–Crippen MR) is 80.4 cm³/mol. The van der Waals surface area contributed by atoms with Crippen LogP contribution in [0.5, 0.6) is 0 Å². The summed E-state index contributed by atoms with van der Waals surface area (Å²) in [6, 6.07) is 2.13. The summed E-state index contributed by atoms with van der Waals surface area (Å²) in [5.41, 5.74) is 0.832. The number of aromatic nitrogens is 4. The average Bonchev–Trinajstić information content (AvgIpc) is 2.91. The zero-order chi connectivity index (χ0) is 13.4. The van der Waals surface area contributed by atoms with Gasteiger partial charge in [0.25, 0.3) is 0 Å². The van der Waals surface area contributed by atoms with Gasteiger partial charge in [0.2, 0.25) is 0 Å². The first-order chi connectivity index (χ1) is 9.15. The molecule has 0 bridgehead atoms. The summed E-state index contributed by atoms with van der Waals surface area (Å²) in [4.78, 5) is 11.1. The highest BCUT2D eigenvalue weighted by atomic mass is 79.9. The lowest BCUT2D eigenvalue weighted by Gasteiger charge is -2.05. The first-order valence-electron chi connectivity index (χ1n) is 5.76. The Balaban J connectivity index is 1.88. The molecule has 3 rings (SSSR count). The molecular formula is C12H12BrN5S. The van der Waals surface area contributed by atoms with E-state index in [0.29, 0.717) is 0 Å². The van der Waals surface area contributed by atoms with Gasteiger partial charge in [-0.2, -0.15) is 5.10 Å². The number of halogens is 1. The largest absolute Gasteiger partial charge is 0.364 e. The number of nitrogens with one attached hydrogen (secondary N) is 1. The molecular weight excluding hydrogens is 326 g/mol. The maximum Gasteiger partial charge on any atom is 0.163 e. The van der Waals surface area contributed by atoms with Crippen LogP contribution in [0, 0.1) is 6.92 Å². The van der Waals surface area contributed by atoms with Crippen LogP contribution in [-0.4, -0.2) is 19.7 Å². The minimum absolute atomic E-state index is 0.736. The second-order valence-electron chi connectivity index (χ2n) is 4.21. The van der Waals surface area contributed by atoms with E-state index in [1.807, 2.05) is 7.05 Å².